The number of rotatable bonds is 7. The molecule has 0 saturated heterocycles. The van der Waals surface area contributed by atoms with E-state index in [0.29, 0.717) is 17.0 Å². The van der Waals surface area contributed by atoms with E-state index in [1.807, 2.05) is 0 Å². The van der Waals surface area contributed by atoms with Gasteiger partial charge in [-0.2, -0.15) is 13.8 Å². The molecule has 0 fully saturated rings. The number of hydrogen-bond donors (Lipinski definition) is 0. The van der Waals surface area contributed by atoms with Crippen molar-refractivity contribution in [3.8, 4) is 17.1 Å². The lowest BCUT2D eigenvalue weighted by Crippen LogP contribution is -2.11. The Labute approximate surface area is 152 Å². The molecule has 0 bridgehead atoms. The van der Waals surface area contributed by atoms with Crippen LogP contribution in [0.5, 0.6) is 5.75 Å². The summed E-state index contributed by atoms with van der Waals surface area (Å²) in [5, 5.41) is 3.84. The molecule has 7 nitrogen and oxygen atoms in total. The summed E-state index contributed by atoms with van der Waals surface area (Å²) in [6, 6.07) is 9.26. The van der Waals surface area contributed by atoms with E-state index in [2.05, 4.69) is 19.9 Å². The number of alkyl halides is 2. The predicted molar refractivity (Wildman–Crippen MR) is 88.8 cm³/mol. The molecule has 140 valence electrons. The number of ether oxygens (including phenoxy) is 2. The maximum atomic E-state index is 12.1. The minimum absolute atomic E-state index is 0.0178. The number of benzene rings is 1. The molecule has 0 aliphatic rings. The van der Waals surface area contributed by atoms with E-state index >= 15 is 0 Å². The maximum absolute atomic E-state index is 12.1. The first kappa shape index (κ1) is 18.4. The van der Waals surface area contributed by atoms with Gasteiger partial charge in [0.2, 0.25) is 5.82 Å². The van der Waals surface area contributed by atoms with E-state index in [0.717, 1.165) is 0 Å². The molecule has 1 atom stereocenters. The van der Waals surface area contributed by atoms with Gasteiger partial charge in [-0.1, -0.05) is 17.3 Å². The lowest BCUT2D eigenvalue weighted by atomic mass is 10.1. The summed E-state index contributed by atoms with van der Waals surface area (Å²) in [5.74, 6) is -0.00562. The largest absolute Gasteiger partial charge is 0.452 e. The van der Waals surface area contributed by atoms with Gasteiger partial charge in [-0.05, 0) is 36.8 Å². The first-order valence-corrected chi connectivity index (χ1v) is 7.98. The molecule has 0 N–H and O–H groups in total. The van der Waals surface area contributed by atoms with Crippen molar-refractivity contribution in [3.63, 3.8) is 0 Å². The third-order valence-electron chi connectivity index (χ3n) is 3.51. The molecule has 1 aromatic carbocycles. The molecule has 2 aromatic heterocycles. The summed E-state index contributed by atoms with van der Waals surface area (Å²) >= 11 is 0. The zero-order valence-electron chi connectivity index (χ0n) is 14.2. The third kappa shape index (κ3) is 5.06. The highest BCUT2D eigenvalue weighted by Crippen LogP contribution is 2.21. The fraction of sp³-hybridized carbons (Fsp3) is 0.222. The van der Waals surface area contributed by atoms with Gasteiger partial charge in [-0.15, -0.1) is 0 Å². The number of hydrogen-bond acceptors (Lipinski definition) is 7. The standard InChI is InChI=1S/C18H15F2N3O4/c1-11(17-22-16(23-27-17)13-3-2-8-21-10-13)25-15(24)9-12-4-6-14(7-5-12)26-18(19)20/h2-8,10-11,18H,9H2,1H3. The van der Waals surface area contributed by atoms with Gasteiger partial charge in [0.1, 0.15) is 5.75 Å². The van der Waals surface area contributed by atoms with Crippen molar-refractivity contribution in [1.82, 2.24) is 15.1 Å². The Morgan fingerprint density at radius 3 is 2.67 bits per heavy atom. The van der Waals surface area contributed by atoms with Crippen LogP contribution in [0, 0.1) is 0 Å². The van der Waals surface area contributed by atoms with Crippen LogP contribution in [0.25, 0.3) is 11.4 Å². The van der Waals surface area contributed by atoms with E-state index in [1.165, 1.54) is 24.3 Å². The molecule has 1 unspecified atom stereocenters. The molecule has 0 aliphatic heterocycles. The normalized spacial score (nSPS) is 12.0. The first-order chi connectivity index (χ1) is 13.0. The van der Waals surface area contributed by atoms with Crippen molar-refractivity contribution in [2.45, 2.75) is 26.1 Å². The number of halogens is 2. The highest BCUT2D eigenvalue weighted by atomic mass is 19.3. The minimum Gasteiger partial charge on any atom is -0.452 e. The van der Waals surface area contributed by atoms with Crippen molar-refractivity contribution in [1.29, 1.82) is 0 Å². The van der Waals surface area contributed by atoms with Crippen LogP contribution in [0.2, 0.25) is 0 Å². The van der Waals surface area contributed by atoms with Gasteiger partial charge in [-0.3, -0.25) is 9.78 Å². The van der Waals surface area contributed by atoms with Crippen molar-refractivity contribution in [2.24, 2.45) is 0 Å². The van der Waals surface area contributed by atoms with E-state index in [-0.39, 0.29) is 18.1 Å². The summed E-state index contributed by atoms with van der Waals surface area (Å²) in [7, 11) is 0. The Balaban J connectivity index is 1.57. The Kier molecular flexibility index (Phi) is 5.70. The van der Waals surface area contributed by atoms with Crippen LogP contribution in [-0.2, 0) is 16.0 Å². The molecule has 0 saturated carbocycles. The molecule has 0 radical (unpaired) electrons. The molecule has 0 amide bonds. The second-order valence-electron chi connectivity index (χ2n) is 5.53. The zero-order chi connectivity index (χ0) is 19.2. The highest BCUT2D eigenvalue weighted by Gasteiger charge is 2.19. The average Bonchev–Trinajstić information content (AvgIpc) is 3.14. The third-order valence-corrected chi connectivity index (χ3v) is 3.51. The number of carbonyl (C=O) groups excluding carboxylic acids is 1. The molecular weight excluding hydrogens is 360 g/mol. The predicted octanol–water partition coefficient (Wildman–Crippen LogP) is 3.58. The number of pyridine rings is 1. The average molecular weight is 375 g/mol. The highest BCUT2D eigenvalue weighted by molar-refractivity contribution is 5.72. The second kappa shape index (κ2) is 8.35. The maximum Gasteiger partial charge on any atom is 0.387 e. The van der Waals surface area contributed by atoms with Gasteiger partial charge in [0.05, 0.1) is 6.42 Å². The number of carbonyl (C=O) groups is 1. The van der Waals surface area contributed by atoms with Crippen LogP contribution >= 0.6 is 0 Å². The Hall–Kier alpha value is -3.36. The molecule has 27 heavy (non-hydrogen) atoms. The molecular formula is C18H15F2N3O4. The van der Waals surface area contributed by atoms with Gasteiger partial charge in [0.15, 0.2) is 6.10 Å². The summed E-state index contributed by atoms with van der Waals surface area (Å²) < 4.78 is 38.9. The first-order valence-electron chi connectivity index (χ1n) is 7.98. The molecule has 2 heterocycles. The van der Waals surface area contributed by atoms with Gasteiger partial charge < -0.3 is 14.0 Å². The van der Waals surface area contributed by atoms with E-state index in [4.69, 9.17) is 9.26 Å². The van der Waals surface area contributed by atoms with Crippen LogP contribution < -0.4 is 4.74 Å². The van der Waals surface area contributed by atoms with Crippen molar-refractivity contribution in [3.05, 3.63) is 60.2 Å². The summed E-state index contributed by atoms with van der Waals surface area (Å²) in [4.78, 5) is 20.2. The molecule has 3 rings (SSSR count). The smallest absolute Gasteiger partial charge is 0.387 e. The van der Waals surface area contributed by atoms with Crippen LogP contribution in [0.15, 0.2) is 53.3 Å². The SMILES string of the molecule is CC(OC(=O)Cc1ccc(OC(F)F)cc1)c1nc(-c2cccnc2)no1. The van der Waals surface area contributed by atoms with Crippen molar-refractivity contribution < 1.29 is 27.6 Å². The van der Waals surface area contributed by atoms with Gasteiger partial charge in [0, 0.05) is 18.0 Å². The number of aromatic nitrogens is 3. The number of esters is 1. The molecule has 9 heteroatoms. The van der Waals surface area contributed by atoms with Crippen molar-refractivity contribution >= 4 is 5.97 Å². The monoisotopic (exact) mass is 375 g/mol. The molecule has 0 aliphatic carbocycles. The van der Waals surface area contributed by atoms with Crippen LogP contribution in [0.3, 0.4) is 0 Å². The Morgan fingerprint density at radius 1 is 1.22 bits per heavy atom. The molecule has 0 spiro atoms. The van der Waals surface area contributed by atoms with Crippen molar-refractivity contribution in [2.75, 3.05) is 0 Å². The van der Waals surface area contributed by atoms with Crippen LogP contribution in [0.1, 0.15) is 24.5 Å². The van der Waals surface area contributed by atoms with E-state index in [9.17, 15) is 13.6 Å². The summed E-state index contributed by atoms with van der Waals surface area (Å²) in [6.07, 6.45) is 2.44. The molecule has 3 aromatic rings. The van der Waals surface area contributed by atoms with Crippen LogP contribution in [0.4, 0.5) is 8.78 Å². The van der Waals surface area contributed by atoms with Crippen LogP contribution in [-0.4, -0.2) is 27.7 Å². The van der Waals surface area contributed by atoms with Gasteiger partial charge in [0.25, 0.3) is 5.89 Å². The lowest BCUT2D eigenvalue weighted by molar-refractivity contribution is -0.148. The number of nitrogens with zero attached hydrogens (tertiary/aromatic N) is 3. The Bertz CT molecular complexity index is 885. The van der Waals surface area contributed by atoms with E-state index < -0.39 is 18.7 Å². The van der Waals surface area contributed by atoms with Gasteiger partial charge in [-0.25, -0.2) is 0 Å². The zero-order valence-corrected chi connectivity index (χ0v) is 14.2. The Morgan fingerprint density at radius 2 is 2.00 bits per heavy atom. The quantitative estimate of drug-likeness (QED) is 0.583. The fourth-order valence-electron chi connectivity index (χ4n) is 2.26. The summed E-state index contributed by atoms with van der Waals surface area (Å²) in [6.45, 7) is -1.29. The minimum atomic E-state index is -2.90. The second-order valence-corrected chi connectivity index (χ2v) is 5.53. The lowest BCUT2D eigenvalue weighted by Gasteiger charge is -2.09. The summed E-state index contributed by atoms with van der Waals surface area (Å²) in [5.41, 5.74) is 1.27. The van der Waals surface area contributed by atoms with E-state index in [1.54, 1.807) is 31.5 Å². The van der Waals surface area contributed by atoms with Gasteiger partial charge >= 0.3 is 12.6 Å². The topological polar surface area (TPSA) is 87.3 Å². The fourth-order valence-corrected chi connectivity index (χ4v) is 2.26.